The summed E-state index contributed by atoms with van der Waals surface area (Å²) in [4.78, 5) is 17.6. The maximum absolute atomic E-state index is 12.3. The van der Waals surface area contributed by atoms with E-state index in [0.29, 0.717) is 35.8 Å². The Morgan fingerprint density at radius 1 is 1.06 bits per heavy atom. The molecule has 4 aliphatic carbocycles. The van der Waals surface area contributed by atoms with Crippen molar-refractivity contribution in [3.05, 3.63) is 0 Å². The lowest BCUT2D eigenvalue weighted by molar-refractivity contribution is -0.123. The normalized spacial score (nSPS) is 48.6. The summed E-state index contributed by atoms with van der Waals surface area (Å²) in [5.41, 5.74) is 1.67. The van der Waals surface area contributed by atoms with Crippen LogP contribution in [0.4, 0.5) is 4.79 Å². The van der Waals surface area contributed by atoms with Crippen molar-refractivity contribution in [1.29, 1.82) is 0 Å². The minimum atomic E-state index is -0.436. The molecule has 0 spiro atoms. The van der Waals surface area contributed by atoms with Gasteiger partial charge in [0.25, 0.3) is 0 Å². The molecule has 0 aromatic heterocycles. The highest BCUT2D eigenvalue weighted by Crippen LogP contribution is 2.67. The van der Waals surface area contributed by atoms with Crippen LogP contribution in [0.1, 0.15) is 91.9 Å². The number of nitrogens with zero attached hydrogens (tertiary/aromatic N) is 1. The Balaban J connectivity index is 1.21. The lowest BCUT2D eigenvalue weighted by Crippen LogP contribution is -2.54. The maximum Gasteiger partial charge on any atom is 0.433 e. The third-order valence-corrected chi connectivity index (χ3v) is 11.6. The van der Waals surface area contributed by atoms with E-state index >= 15 is 0 Å². The number of oxime groups is 1. The molecule has 4 saturated carbocycles. The largest absolute Gasteiger partial charge is 0.433 e. The number of hydrogen-bond donors (Lipinski definition) is 3. The number of aliphatic hydroxyl groups is 1. The second kappa shape index (κ2) is 9.38. The van der Waals surface area contributed by atoms with Crippen LogP contribution in [0.3, 0.4) is 0 Å². The third-order valence-electron chi connectivity index (χ3n) is 11.6. The van der Waals surface area contributed by atoms with Crippen LogP contribution in [-0.2, 0) is 4.84 Å². The van der Waals surface area contributed by atoms with E-state index in [2.05, 4.69) is 43.5 Å². The number of aliphatic hydroxyl groups excluding tert-OH is 1. The smallest absolute Gasteiger partial charge is 0.393 e. The first-order valence-corrected chi connectivity index (χ1v) is 14.1. The molecule has 10 atom stereocenters. The maximum atomic E-state index is 12.3. The monoisotopic (exact) mass is 473 g/mol. The predicted molar refractivity (Wildman–Crippen MR) is 134 cm³/mol. The van der Waals surface area contributed by atoms with E-state index in [-0.39, 0.29) is 11.5 Å². The molecule has 2 unspecified atom stereocenters. The van der Waals surface area contributed by atoms with Gasteiger partial charge in [0.1, 0.15) is 0 Å². The van der Waals surface area contributed by atoms with Crippen LogP contribution >= 0.6 is 0 Å². The zero-order valence-corrected chi connectivity index (χ0v) is 21.8. The second-order valence-electron chi connectivity index (χ2n) is 13.1. The van der Waals surface area contributed by atoms with Gasteiger partial charge in [-0.3, -0.25) is 4.84 Å². The topological polar surface area (TPSA) is 83.0 Å². The van der Waals surface area contributed by atoms with Gasteiger partial charge >= 0.3 is 6.09 Å². The Morgan fingerprint density at radius 2 is 1.82 bits per heavy atom. The van der Waals surface area contributed by atoms with Crippen molar-refractivity contribution in [2.75, 3.05) is 13.1 Å². The van der Waals surface area contributed by atoms with Gasteiger partial charge in [0.05, 0.1) is 11.8 Å². The van der Waals surface area contributed by atoms with Crippen LogP contribution in [0.25, 0.3) is 0 Å². The van der Waals surface area contributed by atoms with Gasteiger partial charge in [-0.05, 0) is 118 Å². The highest BCUT2D eigenvalue weighted by atomic mass is 16.7. The summed E-state index contributed by atoms with van der Waals surface area (Å²) in [6.07, 6.45) is 11.5. The highest BCUT2D eigenvalue weighted by molar-refractivity contribution is 5.85. The van der Waals surface area contributed by atoms with Crippen molar-refractivity contribution >= 4 is 11.8 Å². The van der Waals surface area contributed by atoms with Crippen LogP contribution in [0, 0.1) is 46.3 Å². The molecule has 192 valence electrons. The number of hydrogen-bond acceptors (Lipinski definition) is 5. The van der Waals surface area contributed by atoms with Crippen molar-refractivity contribution in [3.63, 3.8) is 0 Å². The fourth-order valence-corrected chi connectivity index (χ4v) is 9.50. The molecule has 6 heteroatoms. The highest BCUT2D eigenvalue weighted by Gasteiger charge is 2.60. The van der Waals surface area contributed by atoms with Crippen LogP contribution < -0.4 is 10.6 Å². The molecule has 1 aliphatic heterocycles. The van der Waals surface area contributed by atoms with Crippen molar-refractivity contribution < 1.29 is 14.7 Å². The van der Waals surface area contributed by atoms with Crippen molar-refractivity contribution in [1.82, 2.24) is 10.6 Å². The summed E-state index contributed by atoms with van der Waals surface area (Å²) in [6, 6.07) is 0.326. The first-order chi connectivity index (χ1) is 16.2. The van der Waals surface area contributed by atoms with Crippen molar-refractivity contribution in [2.45, 2.75) is 104 Å². The van der Waals surface area contributed by atoms with Crippen molar-refractivity contribution in [2.24, 2.45) is 51.5 Å². The fourth-order valence-electron chi connectivity index (χ4n) is 9.50. The Labute approximate surface area is 206 Å². The Hall–Kier alpha value is -1.14. The van der Waals surface area contributed by atoms with E-state index in [0.717, 1.165) is 55.7 Å². The lowest BCUT2D eigenvalue weighted by Gasteiger charge is -2.61. The molecule has 5 aliphatic rings. The van der Waals surface area contributed by atoms with Gasteiger partial charge in [-0.15, -0.1) is 0 Å². The fraction of sp³-hybridized carbons (Fsp3) is 0.929. The SMILES string of the molecule is C/C(=N\OC(=O)NCC1NCCC1C)[C@H]1CC[C@H]2[C@@H]3CC[C@@H]4C[C@H](O)CC[C@]4(C)[C@H]3CC[C@]12C. The first-order valence-electron chi connectivity index (χ1n) is 14.1. The summed E-state index contributed by atoms with van der Waals surface area (Å²) < 4.78 is 0. The zero-order chi connectivity index (χ0) is 24.1. The van der Waals surface area contributed by atoms with Gasteiger partial charge in [0, 0.05) is 18.5 Å². The van der Waals surface area contributed by atoms with Gasteiger partial charge in [-0.25, -0.2) is 4.79 Å². The molecule has 0 radical (unpaired) electrons. The van der Waals surface area contributed by atoms with Gasteiger partial charge in [0.2, 0.25) is 0 Å². The quantitative estimate of drug-likeness (QED) is 0.301. The Morgan fingerprint density at radius 3 is 2.59 bits per heavy atom. The number of rotatable bonds is 4. The molecule has 5 rings (SSSR count). The number of carbonyl (C=O) groups is 1. The summed E-state index contributed by atoms with van der Waals surface area (Å²) in [6.45, 7) is 10.9. The molecule has 0 bridgehead atoms. The lowest BCUT2D eigenvalue weighted by atomic mass is 9.44. The minimum absolute atomic E-state index is 0.0757. The molecule has 0 aromatic carbocycles. The number of amides is 1. The minimum Gasteiger partial charge on any atom is -0.393 e. The van der Waals surface area contributed by atoms with Crippen LogP contribution in [0.5, 0.6) is 0 Å². The molecule has 1 amide bonds. The van der Waals surface area contributed by atoms with E-state index in [4.69, 9.17) is 4.84 Å². The number of nitrogens with one attached hydrogen (secondary N) is 2. The first kappa shape index (κ1) is 24.5. The van der Waals surface area contributed by atoms with E-state index in [9.17, 15) is 9.90 Å². The third kappa shape index (κ3) is 4.21. The molecule has 34 heavy (non-hydrogen) atoms. The molecule has 1 saturated heterocycles. The molecular weight excluding hydrogens is 426 g/mol. The average molecular weight is 474 g/mol. The van der Waals surface area contributed by atoms with Crippen molar-refractivity contribution in [3.8, 4) is 0 Å². The molecule has 1 heterocycles. The molecule has 3 N–H and O–H groups in total. The zero-order valence-electron chi connectivity index (χ0n) is 21.8. The summed E-state index contributed by atoms with van der Waals surface area (Å²) in [7, 11) is 0. The number of fused-ring (bicyclic) bond motifs is 5. The van der Waals surface area contributed by atoms with Crippen LogP contribution in [-0.4, -0.2) is 42.1 Å². The molecular formula is C28H47N3O3. The second-order valence-corrected chi connectivity index (χ2v) is 13.1. The molecule has 5 fully saturated rings. The summed E-state index contributed by atoms with van der Waals surface area (Å²) in [5.74, 6) is 4.04. The van der Waals surface area contributed by atoms with E-state index < -0.39 is 6.09 Å². The van der Waals surface area contributed by atoms with Crippen LogP contribution in [0.2, 0.25) is 0 Å². The van der Waals surface area contributed by atoms with Gasteiger partial charge in [-0.2, -0.15) is 0 Å². The van der Waals surface area contributed by atoms with Crippen LogP contribution in [0.15, 0.2) is 5.16 Å². The van der Waals surface area contributed by atoms with Gasteiger partial charge in [-0.1, -0.05) is 25.9 Å². The predicted octanol–water partition coefficient (Wildman–Crippen LogP) is 5.11. The van der Waals surface area contributed by atoms with E-state index in [1.807, 2.05) is 0 Å². The van der Waals surface area contributed by atoms with Gasteiger partial charge in [0.15, 0.2) is 0 Å². The molecule has 0 aromatic rings. The number of carbonyl (C=O) groups excluding carboxylic acids is 1. The molecule has 6 nitrogen and oxygen atoms in total. The Kier molecular flexibility index (Phi) is 6.78. The van der Waals surface area contributed by atoms with E-state index in [1.54, 1.807) is 0 Å². The average Bonchev–Trinajstić information content (AvgIpc) is 3.38. The standard InChI is InChI=1S/C28H47N3O3/c1-17-11-14-29-25(17)16-30-26(33)34-31-18(2)22-7-8-23-21-6-5-19-15-20(32)9-12-27(19,3)24(21)10-13-28(22,23)4/h17,19-25,29,32H,5-16H2,1-4H3,(H,30,33)/b31-18+/t17?,19-,20-,21+,22-,23+,24+,25?,27+,28-/m1/s1. The Bertz CT molecular complexity index is 802. The summed E-state index contributed by atoms with van der Waals surface area (Å²) in [5, 5.41) is 21.0. The van der Waals surface area contributed by atoms with E-state index in [1.165, 1.54) is 38.5 Å². The van der Waals surface area contributed by atoms with Gasteiger partial charge < -0.3 is 15.7 Å². The summed E-state index contributed by atoms with van der Waals surface area (Å²) >= 11 is 0.